The molecule has 0 saturated heterocycles. The van der Waals surface area contributed by atoms with E-state index in [0.717, 1.165) is 16.7 Å². The summed E-state index contributed by atoms with van der Waals surface area (Å²) in [7, 11) is 0. The number of hydrogen-bond acceptors (Lipinski definition) is 7. The van der Waals surface area contributed by atoms with Crippen molar-refractivity contribution in [1.82, 2.24) is 14.9 Å². The lowest BCUT2D eigenvalue weighted by molar-refractivity contribution is -0.137. The van der Waals surface area contributed by atoms with Crippen molar-refractivity contribution in [3.05, 3.63) is 93.5 Å². The third kappa shape index (κ3) is 7.97. The van der Waals surface area contributed by atoms with Crippen LogP contribution < -0.4 is 22.1 Å². The van der Waals surface area contributed by atoms with Crippen molar-refractivity contribution in [3.8, 4) is 0 Å². The summed E-state index contributed by atoms with van der Waals surface area (Å²) in [4.78, 5) is 40.2. The maximum atomic E-state index is 12.6. The van der Waals surface area contributed by atoms with Crippen LogP contribution in [0.1, 0.15) is 28.7 Å². The minimum absolute atomic E-state index is 0.0440. The van der Waals surface area contributed by atoms with E-state index in [1.807, 2.05) is 42.5 Å². The number of amides is 1. The lowest BCUT2D eigenvalue weighted by Gasteiger charge is -2.19. The fourth-order valence-electron chi connectivity index (χ4n) is 3.43. The van der Waals surface area contributed by atoms with Crippen LogP contribution in [-0.4, -0.2) is 32.8 Å². The molecular formula is C25H29N5O5. The smallest absolute Gasteiger partial charge is 0.407 e. The number of aliphatic carboxylic acids is 1. The Bertz CT molecular complexity index is 1200. The van der Waals surface area contributed by atoms with E-state index in [-0.39, 0.29) is 19.6 Å². The minimum atomic E-state index is -1.12. The average Bonchev–Trinajstić information content (AvgIpc) is 2.84. The van der Waals surface area contributed by atoms with E-state index < -0.39 is 23.8 Å². The van der Waals surface area contributed by atoms with Gasteiger partial charge in [-0.1, -0.05) is 54.6 Å². The Morgan fingerprint density at radius 2 is 1.77 bits per heavy atom. The van der Waals surface area contributed by atoms with Gasteiger partial charge in [0.2, 0.25) is 0 Å². The molecule has 1 unspecified atom stereocenters. The molecule has 0 aliphatic carbocycles. The molecule has 10 heteroatoms. The minimum Gasteiger partial charge on any atom is -0.481 e. The maximum Gasteiger partial charge on any atom is 0.407 e. The quantitative estimate of drug-likeness (QED) is 0.328. The molecule has 2 aromatic carbocycles. The van der Waals surface area contributed by atoms with Crippen molar-refractivity contribution in [1.29, 1.82) is 0 Å². The highest BCUT2D eigenvalue weighted by Crippen LogP contribution is 2.12. The highest BCUT2D eigenvalue weighted by atomic mass is 16.5. The van der Waals surface area contributed by atoms with E-state index in [0.29, 0.717) is 24.5 Å². The summed E-state index contributed by atoms with van der Waals surface area (Å²) < 4.78 is 6.46. The molecule has 10 nitrogen and oxygen atoms in total. The van der Waals surface area contributed by atoms with Gasteiger partial charge in [-0.25, -0.2) is 9.59 Å². The Morgan fingerprint density at radius 3 is 2.43 bits per heavy atom. The first-order chi connectivity index (χ1) is 16.8. The van der Waals surface area contributed by atoms with Crippen LogP contribution in [0.25, 0.3) is 0 Å². The second-order valence-electron chi connectivity index (χ2n) is 8.08. The number of carboxylic acids is 1. The molecule has 1 amide bonds. The zero-order valence-corrected chi connectivity index (χ0v) is 19.4. The second kappa shape index (κ2) is 12.3. The van der Waals surface area contributed by atoms with Gasteiger partial charge in [0.1, 0.15) is 12.4 Å². The number of nitrogens with one attached hydrogen (secondary N) is 2. The summed E-state index contributed by atoms with van der Waals surface area (Å²) in [6, 6.07) is 16.0. The van der Waals surface area contributed by atoms with E-state index in [4.69, 9.17) is 10.5 Å². The highest BCUT2D eigenvalue weighted by Gasteiger charge is 2.19. The van der Waals surface area contributed by atoms with Crippen molar-refractivity contribution in [2.45, 2.75) is 45.6 Å². The van der Waals surface area contributed by atoms with Crippen LogP contribution >= 0.6 is 0 Å². The van der Waals surface area contributed by atoms with Gasteiger partial charge < -0.3 is 26.2 Å². The standard InChI is InChI=1S/C25H29N5O5/c1-17-14-30(24(33)29-23(17)27-13-19-9-7-18(12-26)8-10-19)15-21(11-22(31)32)28-25(34)35-16-20-5-3-2-4-6-20/h2-10,14,21H,11-13,15-16,26H2,1H3,(H,28,34)(H,31,32)(H,27,29,33). The number of nitrogens with zero attached hydrogens (tertiary/aromatic N) is 2. The number of carboxylic acid groups (broad SMARTS) is 1. The molecule has 5 N–H and O–H groups in total. The number of nitrogens with two attached hydrogens (primary N) is 1. The summed E-state index contributed by atoms with van der Waals surface area (Å²) in [6.45, 7) is 2.70. The Balaban J connectivity index is 1.63. The van der Waals surface area contributed by atoms with Crippen LogP contribution in [0.2, 0.25) is 0 Å². The van der Waals surface area contributed by atoms with Crippen molar-refractivity contribution in [3.63, 3.8) is 0 Å². The zero-order valence-electron chi connectivity index (χ0n) is 19.4. The number of benzene rings is 2. The van der Waals surface area contributed by atoms with E-state index >= 15 is 0 Å². The molecule has 3 aromatic rings. The maximum absolute atomic E-state index is 12.6. The van der Waals surface area contributed by atoms with Gasteiger partial charge in [0.15, 0.2) is 0 Å². The largest absolute Gasteiger partial charge is 0.481 e. The van der Waals surface area contributed by atoms with Crippen LogP contribution in [0.3, 0.4) is 0 Å². The van der Waals surface area contributed by atoms with Crippen LogP contribution in [0.4, 0.5) is 10.6 Å². The third-order valence-corrected chi connectivity index (χ3v) is 5.27. The van der Waals surface area contributed by atoms with Crippen molar-refractivity contribution < 1.29 is 19.4 Å². The first-order valence-corrected chi connectivity index (χ1v) is 11.1. The number of aryl methyl sites for hydroxylation is 1. The molecule has 1 atom stereocenters. The molecule has 35 heavy (non-hydrogen) atoms. The molecule has 0 bridgehead atoms. The molecular weight excluding hydrogens is 450 g/mol. The Kier molecular flexibility index (Phi) is 8.96. The summed E-state index contributed by atoms with van der Waals surface area (Å²) in [6.07, 6.45) is 0.433. The number of carbonyl (C=O) groups is 2. The molecule has 3 rings (SSSR count). The first-order valence-electron chi connectivity index (χ1n) is 11.1. The number of ether oxygens (including phenoxy) is 1. The number of alkyl carbamates (subject to hydrolysis) is 1. The number of anilines is 1. The summed E-state index contributed by atoms with van der Waals surface area (Å²) in [5.41, 5.74) is 8.58. The molecule has 0 fully saturated rings. The lowest BCUT2D eigenvalue weighted by Crippen LogP contribution is -2.42. The fraction of sp³-hybridized carbons (Fsp3) is 0.280. The molecule has 1 heterocycles. The molecule has 1 aromatic heterocycles. The predicted molar refractivity (Wildman–Crippen MR) is 131 cm³/mol. The summed E-state index contributed by atoms with van der Waals surface area (Å²) in [5.74, 6) is -0.686. The predicted octanol–water partition coefficient (Wildman–Crippen LogP) is 2.39. The number of aromatic nitrogens is 2. The number of hydrogen-bond donors (Lipinski definition) is 4. The van der Waals surface area contributed by atoms with Gasteiger partial charge in [0.25, 0.3) is 0 Å². The average molecular weight is 480 g/mol. The number of carbonyl (C=O) groups excluding carboxylic acids is 1. The van der Waals surface area contributed by atoms with Gasteiger partial charge >= 0.3 is 17.8 Å². The fourth-order valence-corrected chi connectivity index (χ4v) is 3.43. The summed E-state index contributed by atoms with van der Waals surface area (Å²) >= 11 is 0. The van der Waals surface area contributed by atoms with Gasteiger partial charge in [-0.15, -0.1) is 0 Å². The van der Waals surface area contributed by atoms with E-state index in [1.54, 1.807) is 25.3 Å². The molecule has 184 valence electrons. The van der Waals surface area contributed by atoms with Gasteiger partial charge in [-0.3, -0.25) is 9.36 Å². The monoisotopic (exact) mass is 479 g/mol. The number of rotatable bonds is 11. The molecule has 0 aliphatic heterocycles. The molecule has 0 radical (unpaired) electrons. The topological polar surface area (TPSA) is 149 Å². The zero-order chi connectivity index (χ0) is 25.2. The Hall–Kier alpha value is -4.18. The van der Waals surface area contributed by atoms with Crippen LogP contribution in [0, 0.1) is 6.92 Å². The molecule has 0 saturated carbocycles. The third-order valence-electron chi connectivity index (χ3n) is 5.27. The second-order valence-corrected chi connectivity index (χ2v) is 8.08. The van der Waals surface area contributed by atoms with E-state index in [1.165, 1.54) is 4.57 Å². The Morgan fingerprint density at radius 1 is 1.09 bits per heavy atom. The molecule has 0 spiro atoms. The van der Waals surface area contributed by atoms with Gasteiger partial charge in [0.05, 0.1) is 12.5 Å². The van der Waals surface area contributed by atoms with Crippen molar-refractivity contribution in [2.24, 2.45) is 5.73 Å². The highest BCUT2D eigenvalue weighted by molar-refractivity contribution is 5.71. The summed E-state index contributed by atoms with van der Waals surface area (Å²) in [5, 5.41) is 14.9. The van der Waals surface area contributed by atoms with Gasteiger partial charge in [-0.05, 0) is 23.6 Å². The molecule has 0 aliphatic rings. The van der Waals surface area contributed by atoms with Crippen molar-refractivity contribution >= 4 is 17.9 Å². The lowest BCUT2D eigenvalue weighted by atomic mass is 10.1. The van der Waals surface area contributed by atoms with Crippen molar-refractivity contribution in [2.75, 3.05) is 5.32 Å². The van der Waals surface area contributed by atoms with Gasteiger partial charge in [-0.2, -0.15) is 4.98 Å². The van der Waals surface area contributed by atoms with Crippen LogP contribution in [0.5, 0.6) is 0 Å². The first kappa shape index (κ1) is 25.4. The normalized spacial score (nSPS) is 11.5. The van der Waals surface area contributed by atoms with E-state index in [2.05, 4.69) is 15.6 Å². The van der Waals surface area contributed by atoms with Crippen LogP contribution in [-0.2, 0) is 35.8 Å². The van der Waals surface area contributed by atoms with Crippen LogP contribution in [0.15, 0.2) is 65.6 Å². The Labute approximate surface area is 202 Å². The SMILES string of the molecule is Cc1cn(CC(CC(=O)O)NC(=O)OCc2ccccc2)c(=O)nc1NCc1ccc(CN)cc1. The van der Waals surface area contributed by atoms with E-state index in [9.17, 15) is 19.5 Å². The van der Waals surface area contributed by atoms with Gasteiger partial charge in [0, 0.05) is 31.4 Å².